The first-order valence-corrected chi connectivity index (χ1v) is 25.0. The van der Waals surface area contributed by atoms with Gasteiger partial charge < -0.3 is 24.9 Å². The lowest BCUT2D eigenvalue weighted by Gasteiger charge is -2.44. The van der Waals surface area contributed by atoms with Gasteiger partial charge in [-0.2, -0.15) is 0 Å². The fourth-order valence-electron chi connectivity index (χ4n) is 6.10. The summed E-state index contributed by atoms with van der Waals surface area (Å²) in [6.45, 7) is 13.3. The Bertz CT molecular complexity index is 2130. The van der Waals surface area contributed by atoms with Gasteiger partial charge >= 0.3 is 5.97 Å². The summed E-state index contributed by atoms with van der Waals surface area (Å²) in [4.78, 5) is 50.2. The Morgan fingerprint density at radius 1 is 0.949 bits per heavy atom. The number of carbonyl (C=O) groups is 4. The first-order valence-electron chi connectivity index (χ1n) is 19.2. The molecule has 3 aromatic rings. The summed E-state index contributed by atoms with van der Waals surface area (Å²) in [5, 5.41) is 13.6. The Hall–Kier alpha value is -4.53. The molecule has 3 aromatic carbocycles. The Labute approximate surface area is 352 Å². The van der Waals surface area contributed by atoms with Crippen LogP contribution < -0.4 is 20.1 Å². The summed E-state index contributed by atoms with van der Waals surface area (Å²) in [6.07, 6.45) is 0.678. The fourth-order valence-corrected chi connectivity index (χ4v) is 9.32. The molecular formula is C43H54FN3O9S2Si. The molecule has 318 valence electrons. The maximum atomic E-state index is 14.1. The third kappa shape index (κ3) is 13.5. The predicted octanol–water partition coefficient (Wildman–Crippen LogP) is 5.76. The summed E-state index contributed by atoms with van der Waals surface area (Å²) >= 11 is 1.51. The van der Waals surface area contributed by atoms with E-state index in [-0.39, 0.29) is 47.7 Å². The van der Waals surface area contributed by atoms with Gasteiger partial charge in [0.2, 0.25) is 15.9 Å². The van der Waals surface area contributed by atoms with Gasteiger partial charge in [0.1, 0.15) is 17.6 Å². The third-order valence-electron chi connectivity index (χ3n) is 10.4. The summed E-state index contributed by atoms with van der Waals surface area (Å²) in [5.74, 6) is 2.82. The van der Waals surface area contributed by atoms with Gasteiger partial charge in [0.25, 0.3) is 5.91 Å². The van der Waals surface area contributed by atoms with Crippen LogP contribution in [0.3, 0.4) is 0 Å². The largest absolute Gasteiger partial charge is 0.484 e. The Kier molecular flexibility index (Phi) is 16.1. The Morgan fingerprint density at radius 2 is 1.56 bits per heavy atom. The third-order valence-corrected chi connectivity index (χ3v) is 17.0. The van der Waals surface area contributed by atoms with E-state index in [0.717, 1.165) is 22.9 Å². The van der Waals surface area contributed by atoms with Crippen LogP contribution in [0.25, 0.3) is 0 Å². The van der Waals surface area contributed by atoms with Crippen molar-refractivity contribution in [2.75, 3.05) is 31.7 Å². The van der Waals surface area contributed by atoms with E-state index in [0.29, 0.717) is 17.1 Å². The molecule has 1 saturated carbocycles. The number of benzene rings is 3. The minimum atomic E-state index is -3.37. The van der Waals surface area contributed by atoms with Gasteiger partial charge in [0, 0.05) is 17.2 Å². The van der Waals surface area contributed by atoms with Crippen molar-refractivity contribution in [3.05, 3.63) is 101 Å². The van der Waals surface area contributed by atoms with Crippen molar-refractivity contribution in [2.45, 2.75) is 82.0 Å². The van der Waals surface area contributed by atoms with E-state index in [9.17, 15) is 37.1 Å². The normalized spacial score (nSPS) is 17.9. The molecule has 59 heavy (non-hydrogen) atoms. The molecule has 1 fully saturated rings. The molecule has 0 aromatic heterocycles. The second-order valence-electron chi connectivity index (χ2n) is 16.4. The molecule has 1 aliphatic rings. The monoisotopic (exact) mass is 867 g/mol. The minimum Gasteiger partial charge on any atom is -0.484 e. The van der Waals surface area contributed by atoms with Crippen LogP contribution in [0.2, 0.25) is 18.1 Å². The number of aliphatic carboxylic acids is 1. The SMILES string of the molecule is CC(C)[C@@H](NC(=O)CNC(=O)COc1ccc([C@@H]2[C@@H](SC[C@H](O[Si](C)(C)C(C)(C)C)c3ccc(F)cc3)C(=O)[C@H]2c2ccc(C#CCNS(C)(=O)=O)cc2)cc1)C(=O)O. The smallest absolute Gasteiger partial charge is 0.326 e. The quantitative estimate of drug-likeness (QED) is 0.0909. The van der Waals surface area contributed by atoms with E-state index in [1.807, 2.05) is 24.3 Å². The molecule has 0 unspecified atom stereocenters. The molecule has 12 nitrogen and oxygen atoms in total. The number of sulfonamides is 1. The maximum Gasteiger partial charge on any atom is 0.326 e. The van der Waals surface area contributed by atoms with Gasteiger partial charge in [-0.15, -0.1) is 11.8 Å². The first-order chi connectivity index (χ1) is 27.6. The topological polar surface area (TPSA) is 177 Å². The van der Waals surface area contributed by atoms with Crippen LogP contribution in [0.15, 0.2) is 72.8 Å². The number of halogens is 1. The molecule has 5 atom stereocenters. The number of nitrogens with one attached hydrogen (secondary N) is 3. The maximum absolute atomic E-state index is 14.1. The van der Waals surface area contributed by atoms with Crippen LogP contribution in [0.5, 0.6) is 5.75 Å². The van der Waals surface area contributed by atoms with Crippen LogP contribution in [-0.4, -0.2) is 88.4 Å². The lowest BCUT2D eigenvalue weighted by Crippen LogP contribution is -2.48. The number of amides is 2. The standard InChI is InChI=1S/C43H54FN3O9S2Si/c1-27(2)39(42(51)52)47-35(48)24-45-36(49)25-55-33-21-17-31(18-22-33)38-37(30-13-11-28(12-14-30)10-9-23-46-58(6,53)54)40(50)41(38)57-26-34(29-15-19-32(44)20-16-29)56-59(7,8)43(3,4)5/h11-22,27,34,37-39,41,46H,23-26H2,1-8H3,(H,45,49)(H,47,48)(H,51,52)/t34-,37-,38-,39+,41+/m0/s1. The number of carbonyl (C=O) groups excluding carboxylic acids is 3. The van der Waals surface area contributed by atoms with Gasteiger partial charge in [-0.25, -0.2) is 22.3 Å². The second-order valence-corrected chi connectivity index (χ2v) is 24.1. The van der Waals surface area contributed by atoms with E-state index in [4.69, 9.17) is 9.16 Å². The lowest BCUT2D eigenvalue weighted by molar-refractivity contribution is -0.143. The molecule has 0 saturated heterocycles. The Morgan fingerprint density at radius 3 is 2.12 bits per heavy atom. The van der Waals surface area contributed by atoms with Crippen LogP contribution in [0.1, 0.15) is 74.8 Å². The molecule has 16 heteroatoms. The van der Waals surface area contributed by atoms with Crippen molar-refractivity contribution in [1.29, 1.82) is 0 Å². The Balaban J connectivity index is 1.52. The van der Waals surface area contributed by atoms with Crippen molar-refractivity contribution < 1.29 is 46.3 Å². The number of carboxylic acids is 1. The van der Waals surface area contributed by atoms with E-state index in [1.165, 1.54) is 23.9 Å². The van der Waals surface area contributed by atoms with Crippen molar-refractivity contribution in [2.24, 2.45) is 5.92 Å². The van der Waals surface area contributed by atoms with Crippen molar-refractivity contribution in [1.82, 2.24) is 15.4 Å². The number of ketones is 1. The summed E-state index contributed by atoms with van der Waals surface area (Å²) in [6, 6.07) is 19.6. The number of carboxylic acid groups (broad SMARTS) is 1. The summed E-state index contributed by atoms with van der Waals surface area (Å²) in [7, 11) is -5.66. The van der Waals surface area contributed by atoms with E-state index < -0.39 is 59.9 Å². The zero-order chi connectivity index (χ0) is 43.7. The van der Waals surface area contributed by atoms with Gasteiger partial charge in [-0.3, -0.25) is 14.4 Å². The van der Waals surface area contributed by atoms with Gasteiger partial charge in [-0.05, 0) is 77.1 Å². The molecule has 0 radical (unpaired) electrons. The number of Topliss-reactive ketones (excluding diaryl/α,β-unsaturated/α-hetero) is 1. The zero-order valence-electron chi connectivity index (χ0n) is 34.6. The van der Waals surface area contributed by atoms with E-state index in [2.05, 4.69) is 61.1 Å². The minimum absolute atomic E-state index is 0.0321. The molecule has 2 amide bonds. The van der Waals surface area contributed by atoms with Gasteiger partial charge in [0.05, 0.1) is 36.6 Å². The summed E-state index contributed by atoms with van der Waals surface area (Å²) < 4.78 is 51.6. The molecule has 4 rings (SSSR count). The highest BCUT2D eigenvalue weighted by Gasteiger charge is 2.51. The second kappa shape index (κ2) is 20.1. The zero-order valence-corrected chi connectivity index (χ0v) is 37.3. The average Bonchev–Trinajstić information content (AvgIpc) is 3.15. The van der Waals surface area contributed by atoms with Crippen LogP contribution in [0, 0.1) is 23.6 Å². The number of thioether (sulfide) groups is 1. The fraction of sp³-hybridized carbons (Fsp3) is 0.442. The van der Waals surface area contributed by atoms with Crippen molar-refractivity contribution >= 4 is 53.7 Å². The average molecular weight is 868 g/mol. The highest BCUT2D eigenvalue weighted by Crippen LogP contribution is 2.53. The number of rotatable bonds is 18. The van der Waals surface area contributed by atoms with Crippen molar-refractivity contribution in [3.8, 4) is 17.6 Å². The molecule has 0 heterocycles. The first kappa shape index (κ1) is 47.1. The highest BCUT2D eigenvalue weighted by molar-refractivity contribution is 8.00. The lowest BCUT2D eigenvalue weighted by atomic mass is 9.65. The predicted molar refractivity (Wildman–Crippen MR) is 230 cm³/mol. The molecule has 0 aliphatic heterocycles. The van der Waals surface area contributed by atoms with Crippen LogP contribution in [0.4, 0.5) is 4.39 Å². The molecule has 1 aliphatic carbocycles. The van der Waals surface area contributed by atoms with Crippen LogP contribution >= 0.6 is 11.8 Å². The van der Waals surface area contributed by atoms with Gasteiger partial charge in [0.15, 0.2) is 20.7 Å². The van der Waals surface area contributed by atoms with E-state index in [1.54, 1.807) is 50.2 Å². The van der Waals surface area contributed by atoms with Crippen molar-refractivity contribution in [3.63, 3.8) is 0 Å². The molecular weight excluding hydrogens is 814 g/mol. The molecule has 0 spiro atoms. The number of hydrogen-bond acceptors (Lipinski definition) is 9. The molecule has 0 bridgehead atoms. The summed E-state index contributed by atoms with van der Waals surface area (Å²) in [5.41, 5.74) is 3.17. The highest BCUT2D eigenvalue weighted by atomic mass is 32.2. The number of ether oxygens (including phenoxy) is 1. The number of hydrogen-bond donors (Lipinski definition) is 4. The van der Waals surface area contributed by atoms with E-state index >= 15 is 0 Å². The molecule has 4 N–H and O–H groups in total. The van der Waals surface area contributed by atoms with Gasteiger partial charge in [-0.1, -0.05) is 82.9 Å². The van der Waals surface area contributed by atoms with Crippen LogP contribution in [-0.2, 0) is 33.6 Å².